The van der Waals surface area contributed by atoms with Crippen molar-refractivity contribution in [3.63, 3.8) is 0 Å². The minimum atomic E-state index is -0.198. The van der Waals surface area contributed by atoms with Gasteiger partial charge in [-0.15, -0.1) is 0 Å². The van der Waals surface area contributed by atoms with Crippen LogP contribution in [0.2, 0.25) is 0 Å². The van der Waals surface area contributed by atoms with E-state index in [4.69, 9.17) is 10.1 Å². The number of aliphatic hydroxyl groups is 1. The van der Waals surface area contributed by atoms with E-state index in [1.807, 2.05) is 0 Å². The number of ether oxygens (including phenoxy) is 1. The quantitative estimate of drug-likeness (QED) is 0.140. The van der Waals surface area contributed by atoms with Crippen LogP contribution in [-0.4, -0.2) is 23.2 Å². The van der Waals surface area contributed by atoms with Gasteiger partial charge in [0.2, 0.25) is 0 Å². The zero-order chi connectivity index (χ0) is 24.0. The molecule has 5 saturated carbocycles. The first-order valence-electron chi connectivity index (χ1n) is 13.8. The summed E-state index contributed by atoms with van der Waals surface area (Å²) in [6.07, 6.45) is 14.0. The largest absolute Gasteiger partial charge is 0.671 e. The second kappa shape index (κ2) is 7.58. The smallest absolute Gasteiger partial charge is 0.0734 e. The first-order chi connectivity index (χ1) is 15.4. The zero-order valence-electron chi connectivity index (χ0n) is 22.8. The molecule has 8 unspecified atom stereocenters. The van der Waals surface area contributed by atoms with E-state index in [2.05, 4.69) is 54.5 Å². The Morgan fingerprint density at radius 2 is 1.59 bits per heavy atom. The molecule has 0 bridgehead atoms. The Labute approximate surface area is 202 Å². The molecular formula is C30H48NO2Rf-. The van der Waals surface area contributed by atoms with Crippen LogP contribution in [0.4, 0.5) is 0 Å². The van der Waals surface area contributed by atoms with Gasteiger partial charge in [0.05, 0.1) is 11.7 Å². The molecule has 0 spiro atoms. The van der Waals surface area contributed by atoms with Gasteiger partial charge in [0.25, 0.3) is 0 Å². The van der Waals surface area contributed by atoms with E-state index in [1.54, 1.807) is 0 Å². The molecule has 5 rings (SSSR count). The maximum Gasteiger partial charge on any atom is 0.0734 e. The number of hydrogen-bond donors (Lipinski definition) is 2. The van der Waals surface area contributed by atoms with Gasteiger partial charge >= 0.3 is 0 Å². The van der Waals surface area contributed by atoms with Gasteiger partial charge in [0.1, 0.15) is 0 Å². The average molecular weight is 722 g/mol. The van der Waals surface area contributed by atoms with Crippen LogP contribution in [0.5, 0.6) is 0 Å². The van der Waals surface area contributed by atoms with Gasteiger partial charge in [0, 0.05) is 5.92 Å². The topological polar surface area (TPSA) is 53.3 Å². The maximum atomic E-state index is 10.9. The number of allylic oxidation sites excluding steroid dienone is 1. The molecule has 3 nitrogen and oxygen atoms in total. The predicted molar refractivity (Wildman–Crippen MR) is 134 cm³/mol. The number of fused-ring (bicyclic) bond motifs is 7. The first kappa shape index (κ1) is 25.3. The third kappa shape index (κ3) is 2.83. The van der Waals surface area contributed by atoms with Gasteiger partial charge in [0.15, 0.2) is 0 Å². The van der Waals surface area contributed by atoms with Crippen LogP contribution in [0, 0.1) is 56.7 Å². The standard InChI is InChI=1S/C30H48NO2.Rf/c1-19(2)20-10-15-30(33-18-31)17-16-28(6)21(25(20)30)8-9-23-27(5)13-12-24(32)26(3,4)22(27)11-14-29(23,28)7;/h20-25,31-32H,1,8-17H2,2-7H3;/q-1;/t20?,21?,22?,23?,24?,25?,27-,28?,29+,30?;/m0./s1. The zero-order valence-corrected chi connectivity index (χ0v) is 29.2. The molecule has 0 heterocycles. The molecule has 10 atom stereocenters. The molecule has 0 aromatic heterocycles. The Hall–Kier alpha value is -1.83. The van der Waals surface area contributed by atoms with Crippen molar-refractivity contribution in [2.75, 3.05) is 0 Å². The molecule has 0 aliphatic heterocycles. The van der Waals surface area contributed by atoms with E-state index in [0.29, 0.717) is 39.9 Å². The molecule has 5 aliphatic carbocycles. The molecule has 4 heteroatoms. The molecular weight excluding hydrogens is 673 g/mol. The summed E-state index contributed by atoms with van der Waals surface area (Å²) in [6, 6.07) is 0. The second-order valence-electron chi connectivity index (χ2n) is 14.3. The van der Waals surface area contributed by atoms with E-state index in [-0.39, 0.29) is 17.1 Å². The number of nitrogens with one attached hydrogen (secondary N) is 1. The van der Waals surface area contributed by atoms with Crippen LogP contribution in [0.15, 0.2) is 12.2 Å². The Bertz CT molecular complexity index is 842. The fraction of sp³-hybridized carbons (Fsp3) is 0.900. The average Bonchev–Trinajstić information content (AvgIpc) is 3.12. The Kier molecular flexibility index (Phi) is 5.64. The molecule has 5 aliphatic rings. The molecule has 2 N–H and O–H groups in total. The number of hydrogen-bond acceptors (Lipinski definition) is 3. The molecule has 0 amide bonds. The van der Waals surface area contributed by atoms with E-state index in [9.17, 15) is 5.11 Å². The summed E-state index contributed by atoms with van der Waals surface area (Å²) in [5.41, 5.74) is 2.06. The van der Waals surface area contributed by atoms with Gasteiger partial charge in [-0.3, -0.25) is 0 Å². The summed E-state index contributed by atoms with van der Waals surface area (Å²) in [6.45, 7) is 19.2. The molecule has 0 aromatic rings. The van der Waals surface area contributed by atoms with Crippen LogP contribution in [0.3, 0.4) is 0 Å². The van der Waals surface area contributed by atoms with Crippen molar-refractivity contribution in [3.05, 3.63) is 12.2 Å². The fourth-order valence-corrected chi connectivity index (χ4v) is 11.4. The Morgan fingerprint density at radius 1 is 0.882 bits per heavy atom. The molecule has 188 valence electrons. The third-order valence-corrected chi connectivity index (χ3v) is 13.2. The molecule has 0 radical (unpaired) electrons. The predicted octanol–water partition coefficient (Wildman–Crippen LogP) is 7.26. The van der Waals surface area contributed by atoms with E-state index < -0.39 is 0 Å². The van der Waals surface area contributed by atoms with Crippen molar-refractivity contribution in [1.29, 1.82) is 5.41 Å². The molecule has 0 aromatic carbocycles. The van der Waals surface area contributed by atoms with Gasteiger partial charge < -0.3 is 15.3 Å². The maximum absolute atomic E-state index is 10.9. The van der Waals surface area contributed by atoms with Gasteiger partial charge in [-0.1, -0.05) is 46.8 Å². The monoisotopic (exact) mass is 721 g/mol. The van der Waals surface area contributed by atoms with Crippen molar-refractivity contribution in [2.24, 2.45) is 51.2 Å². The summed E-state index contributed by atoms with van der Waals surface area (Å²) in [5.74, 6) is 2.95. The van der Waals surface area contributed by atoms with Crippen molar-refractivity contribution in [2.45, 2.75) is 117 Å². The van der Waals surface area contributed by atoms with Crippen molar-refractivity contribution < 1.29 is 9.84 Å². The summed E-state index contributed by atoms with van der Waals surface area (Å²) >= 11 is 0. The molecule has 0 saturated heterocycles. The molecule has 5 fully saturated rings. The minimum absolute atomic E-state index is 0. The minimum Gasteiger partial charge on any atom is -0.671 e. The van der Waals surface area contributed by atoms with Gasteiger partial charge in [-0.2, -0.15) is 0 Å². The summed E-state index contributed by atoms with van der Waals surface area (Å²) in [7, 11) is 0. The van der Waals surface area contributed by atoms with E-state index >= 15 is 0 Å². The molecule has 34 heavy (non-hydrogen) atoms. The first-order valence-corrected chi connectivity index (χ1v) is 13.8. The normalized spacial score (nSPS) is 53.3. The SMILES string of the molecule is C=C(C)C1CCC2(O[C-]=N)CCC3(C)C(CCC4[C@@]5(C)CCC(O)C(C)(C)C5CC[C@]43C)C12.[Rf]. The summed E-state index contributed by atoms with van der Waals surface area (Å²) in [5, 5.41) is 18.6. The summed E-state index contributed by atoms with van der Waals surface area (Å²) < 4.78 is 6.13. The number of aliphatic hydroxyl groups excluding tert-OH is 1. The van der Waals surface area contributed by atoms with Crippen LogP contribution in [-0.2, 0) is 4.74 Å². The van der Waals surface area contributed by atoms with Gasteiger partial charge in [-0.05, 0) is 116 Å². The van der Waals surface area contributed by atoms with Crippen molar-refractivity contribution in [1.82, 2.24) is 0 Å². The van der Waals surface area contributed by atoms with Crippen LogP contribution >= 0.6 is 0 Å². The summed E-state index contributed by atoms with van der Waals surface area (Å²) in [4.78, 5) is 0. The Balaban J connectivity index is 0.00000274. The third-order valence-electron chi connectivity index (χ3n) is 13.2. The van der Waals surface area contributed by atoms with E-state index in [0.717, 1.165) is 31.6 Å². The van der Waals surface area contributed by atoms with Crippen molar-refractivity contribution in [3.8, 4) is 0 Å². The second-order valence-corrected chi connectivity index (χ2v) is 14.3. The fourth-order valence-electron chi connectivity index (χ4n) is 11.4. The van der Waals surface area contributed by atoms with Crippen LogP contribution in [0.1, 0.15) is 106 Å². The van der Waals surface area contributed by atoms with Gasteiger partial charge in [-0.25, -0.2) is 6.40 Å². The van der Waals surface area contributed by atoms with Crippen LogP contribution in [0.25, 0.3) is 0 Å². The van der Waals surface area contributed by atoms with Crippen LogP contribution < -0.4 is 0 Å². The number of rotatable bonds is 3. The van der Waals surface area contributed by atoms with Crippen molar-refractivity contribution >= 4 is 6.40 Å². The van der Waals surface area contributed by atoms with E-state index in [1.165, 1.54) is 44.1 Å². The Morgan fingerprint density at radius 3 is 2.24 bits per heavy atom.